The van der Waals surface area contributed by atoms with Crippen LogP contribution in [0.3, 0.4) is 0 Å². The van der Waals surface area contributed by atoms with Gasteiger partial charge in [0.15, 0.2) is 5.78 Å². The van der Waals surface area contributed by atoms with Gasteiger partial charge in [-0.05, 0) is 37.3 Å². The van der Waals surface area contributed by atoms with Gasteiger partial charge in [0.05, 0.1) is 5.02 Å². The molecule has 0 radical (unpaired) electrons. The number of hydrogen-bond donors (Lipinski definition) is 2. The molecule has 0 aliphatic rings. The van der Waals surface area contributed by atoms with Gasteiger partial charge in [-0.3, -0.25) is 9.59 Å². The van der Waals surface area contributed by atoms with Crippen LogP contribution >= 0.6 is 11.6 Å². The summed E-state index contributed by atoms with van der Waals surface area (Å²) in [5.41, 5.74) is 1.60. The summed E-state index contributed by atoms with van der Waals surface area (Å²) in [6.45, 7) is 1.45. The van der Waals surface area contributed by atoms with Gasteiger partial charge >= 0.3 is 0 Å². The van der Waals surface area contributed by atoms with E-state index in [-0.39, 0.29) is 16.5 Å². The third-order valence-electron chi connectivity index (χ3n) is 3.62. The molecule has 0 saturated heterocycles. The number of halogens is 2. The second-order valence-electron chi connectivity index (χ2n) is 5.63. The molecule has 6 nitrogen and oxygen atoms in total. The molecule has 0 spiro atoms. The summed E-state index contributed by atoms with van der Waals surface area (Å²) in [4.78, 5) is 31.8. The molecule has 2 aromatic carbocycles. The Morgan fingerprint density at radius 3 is 2.59 bits per heavy atom. The maximum Gasteiger partial charge on any atom is 0.274 e. The van der Waals surface area contributed by atoms with Crippen molar-refractivity contribution in [2.24, 2.45) is 0 Å². The molecule has 0 fully saturated rings. The van der Waals surface area contributed by atoms with E-state index in [0.29, 0.717) is 22.8 Å². The van der Waals surface area contributed by atoms with E-state index < -0.39 is 11.7 Å². The Kier molecular flexibility index (Phi) is 5.42. The highest BCUT2D eigenvalue weighted by Gasteiger charge is 2.11. The fourth-order valence-electron chi connectivity index (χ4n) is 2.28. The minimum absolute atomic E-state index is 0.0302. The summed E-state index contributed by atoms with van der Waals surface area (Å²) in [5.74, 6) is -0.746. The van der Waals surface area contributed by atoms with Crippen molar-refractivity contribution >= 4 is 40.5 Å². The maximum atomic E-state index is 13.2. The van der Waals surface area contributed by atoms with E-state index in [0.717, 1.165) is 0 Å². The molecule has 0 bridgehead atoms. The number of aromatic nitrogens is 2. The molecule has 0 unspecified atom stereocenters. The zero-order valence-corrected chi connectivity index (χ0v) is 14.9. The monoisotopic (exact) mass is 384 g/mol. The first-order valence-electron chi connectivity index (χ1n) is 7.89. The second-order valence-corrected chi connectivity index (χ2v) is 6.04. The molecule has 1 aromatic heterocycles. The molecule has 0 saturated carbocycles. The SMILES string of the molecule is CC(=O)c1cccc(NC(=O)c2cc(Nc3ccc(F)c(Cl)c3)ncn2)c1. The lowest BCUT2D eigenvalue weighted by atomic mass is 10.1. The molecule has 0 atom stereocenters. The molecule has 1 heterocycles. The Bertz CT molecular complexity index is 1030. The second kappa shape index (κ2) is 7.92. The fraction of sp³-hybridized carbons (Fsp3) is 0.0526. The molecule has 8 heteroatoms. The Balaban J connectivity index is 1.76. The summed E-state index contributed by atoms with van der Waals surface area (Å²) in [7, 11) is 0. The van der Waals surface area contributed by atoms with Crippen LogP contribution in [0.4, 0.5) is 21.6 Å². The normalized spacial score (nSPS) is 10.3. The number of Topliss-reactive ketones (excluding diaryl/α,β-unsaturated/α-hetero) is 1. The molecule has 27 heavy (non-hydrogen) atoms. The first-order chi connectivity index (χ1) is 12.9. The van der Waals surface area contributed by atoms with Gasteiger partial charge in [-0.2, -0.15) is 0 Å². The van der Waals surface area contributed by atoms with E-state index in [1.165, 1.54) is 37.5 Å². The van der Waals surface area contributed by atoms with Crippen LogP contribution in [0.15, 0.2) is 54.9 Å². The zero-order valence-electron chi connectivity index (χ0n) is 14.2. The third kappa shape index (κ3) is 4.65. The predicted octanol–water partition coefficient (Wildman–Crippen LogP) is 4.47. The van der Waals surface area contributed by atoms with Crippen LogP contribution in [-0.2, 0) is 0 Å². The number of benzene rings is 2. The zero-order chi connectivity index (χ0) is 19.4. The molecular formula is C19H14ClFN4O2. The first kappa shape index (κ1) is 18.5. The van der Waals surface area contributed by atoms with Crippen LogP contribution in [0.5, 0.6) is 0 Å². The quantitative estimate of drug-likeness (QED) is 0.634. The average Bonchev–Trinajstić information content (AvgIpc) is 2.65. The molecular weight excluding hydrogens is 371 g/mol. The maximum absolute atomic E-state index is 13.2. The van der Waals surface area contributed by atoms with Crippen LogP contribution in [0, 0.1) is 5.82 Å². The number of carbonyl (C=O) groups excluding carboxylic acids is 2. The van der Waals surface area contributed by atoms with Crippen LogP contribution in [0.2, 0.25) is 5.02 Å². The molecule has 3 aromatic rings. The Morgan fingerprint density at radius 1 is 1.04 bits per heavy atom. The highest BCUT2D eigenvalue weighted by atomic mass is 35.5. The van der Waals surface area contributed by atoms with Crippen LogP contribution in [0.1, 0.15) is 27.8 Å². The Hall–Kier alpha value is -3.32. The van der Waals surface area contributed by atoms with Crippen molar-refractivity contribution in [1.82, 2.24) is 9.97 Å². The van der Waals surface area contributed by atoms with Gasteiger partial charge in [0.2, 0.25) is 0 Å². The topological polar surface area (TPSA) is 84.0 Å². The summed E-state index contributed by atoms with van der Waals surface area (Å²) in [6, 6.07) is 12.2. The lowest BCUT2D eigenvalue weighted by Gasteiger charge is -2.09. The van der Waals surface area contributed by atoms with Crippen molar-refractivity contribution in [3.8, 4) is 0 Å². The summed E-state index contributed by atoms with van der Waals surface area (Å²) in [5, 5.41) is 5.58. The van der Waals surface area contributed by atoms with Crippen LogP contribution < -0.4 is 10.6 Å². The van der Waals surface area contributed by atoms with Crippen LogP contribution in [0.25, 0.3) is 0 Å². The van der Waals surface area contributed by atoms with Gasteiger partial charge in [0.25, 0.3) is 5.91 Å². The average molecular weight is 385 g/mol. The number of anilines is 3. The van der Waals surface area contributed by atoms with Crippen molar-refractivity contribution in [2.45, 2.75) is 6.92 Å². The lowest BCUT2D eigenvalue weighted by molar-refractivity contribution is 0.100. The van der Waals surface area contributed by atoms with Gasteiger partial charge in [-0.15, -0.1) is 0 Å². The number of rotatable bonds is 5. The lowest BCUT2D eigenvalue weighted by Crippen LogP contribution is -2.14. The number of hydrogen-bond acceptors (Lipinski definition) is 5. The molecule has 0 aliphatic heterocycles. The Morgan fingerprint density at radius 2 is 1.85 bits per heavy atom. The van der Waals surface area contributed by atoms with E-state index in [9.17, 15) is 14.0 Å². The number of amides is 1. The van der Waals surface area contributed by atoms with Crippen molar-refractivity contribution in [2.75, 3.05) is 10.6 Å². The summed E-state index contributed by atoms with van der Waals surface area (Å²) in [6.07, 6.45) is 1.23. The Labute approximate surface area is 159 Å². The number of nitrogens with one attached hydrogen (secondary N) is 2. The van der Waals surface area contributed by atoms with E-state index in [2.05, 4.69) is 20.6 Å². The highest BCUT2D eigenvalue weighted by molar-refractivity contribution is 6.31. The molecule has 2 N–H and O–H groups in total. The van der Waals surface area contributed by atoms with E-state index in [4.69, 9.17) is 11.6 Å². The van der Waals surface area contributed by atoms with Crippen LogP contribution in [-0.4, -0.2) is 21.7 Å². The smallest absolute Gasteiger partial charge is 0.274 e. The number of carbonyl (C=O) groups is 2. The summed E-state index contributed by atoms with van der Waals surface area (Å²) < 4.78 is 13.2. The highest BCUT2D eigenvalue weighted by Crippen LogP contribution is 2.22. The van der Waals surface area contributed by atoms with Crippen molar-refractivity contribution < 1.29 is 14.0 Å². The minimum atomic E-state index is -0.530. The predicted molar refractivity (Wildman–Crippen MR) is 101 cm³/mol. The first-order valence-corrected chi connectivity index (χ1v) is 8.26. The van der Waals surface area contributed by atoms with Gasteiger partial charge in [-0.1, -0.05) is 23.7 Å². The molecule has 0 aliphatic carbocycles. The fourth-order valence-corrected chi connectivity index (χ4v) is 2.46. The summed E-state index contributed by atoms with van der Waals surface area (Å²) >= 11 is 5.75. The van der Waals surface area contributed by atoms with Gasteiger partial charge in [0, 0.05) is 23.0 Å². The molecule has 3 rings (SSSR count). The van der Waals surface area contributed by atoms with Crippen molar-refractivity contribution in [3.63, 3.8) is 0 Å². The number of ketones is 1. The van der Waals surface area contributed by atoms with Crippen molar-refractivity contribution in [3.05, 3.63) is 77.0 Å². The largest absolute Gasteiger partial charge is 0.340 e. The van der Waals surface area contributed by atoms with E-state index >= 15 is 0 Å². The van der Waals surface area contributed by atoms with Gasteiger partial charge in [-0.25, -0.2) is 14.4 Å². The molecule has 136 valence electrons. The van der Waals surface area contributed by atoms with Gasteiger partial charge < -0.3 is 10.6 Å². The standard InChI is InChI=1S/C19H14ClFN4O2/c1-11(26)12-3-2-4-13(7-12)25-19(27)17-9-18(23-10-22-17)24-14-5-6-16(21)15(20)8-14/h2-10H,1H3,(H,25,27)(H,22,23,24). The van der Waals surface area contributed by atoms with E-state index in [1.54, 1.807) is 24.3 Å². The van der Waals surface area contributed by atoms with Crippen molar-refractivity contribution in [1.29, 1.82) is 0 Å². The number of nitrogens with zero attached hydrogens (tertiary/aromatic N) is 2. The minimum Gasteiger partial charge on any atom is -0.340 e. The molecule has 1 amide bonds. The van der Waals surface area contributed by atoms with Gasteiger partial charge in [0.1, 0.15) is 23.7 Å². The third-order valence-corrected chi connectivity index (χ3v) is 3.91. The van der Waals surface area contributed by atoms with E-state index in [1.807, 2.05) is 0 Å².